The maximum absolute atomic E-state index is 13.8. The minimum atomic E-state index is -0.672. The number of hydrogen-bond donors (Lipinski definition) is 1. The molecule has 6 nitrogen and oxygen atoms in total. The van der Waals surface area contributed by atoms with Crippen LogP contribution in [0.5, 0.6) is 5.75 Å². The lowest BCUT2D eigenvalue weighted by Crippen LogP contribution is -2.03. The van der Waals surface area contributed by atoms with E-state index in [9.17, 15) is 14.5 Å². The van der Waals surface area contributed by atoms with Crippen LogP contribution in [-0.2, 0) is 0 Å². The molecular formula is C12H8ClFIN3O3. The van der Waals surface area contributed by atoms with Crippen molar-refractivity contribution in [3.63, 3.8) is 0 Å². The first-order valence-corrected chi connectivity index (χ1v) is 6.99. The maximum Gasteiger partial charge on any atom is 0.353 e. The molecule has 0 fully saturated rings. The second-order valence-corrected chi connectivity index (χ2v) is 5.48. The Hall–Kier alpha value is -1.68. The van der Waals surface area contributed by atoms with Gasteiger partial charge in [0.1, 0.15) is 11.0 Å². The average molecular weight is 424 g/mol. The number of methoxy groups -OCH3 is 1. The molecule has 2 rings (SSSR count). The van der Waals surface area contributed by atoms with Gasteiger partial charge in [0.05, 0.1) is 17.7 Å². The van der Waals surface area contributed by atoms with Crippen molar-refractivity contribution < 1.29 is 14.1 Å². The Morgan fingerprint density at radius 3 is 2.76 bits per heavy atom. The van der Waals surface area contributed by atoms with Crippen molar-refractivity contribution in [1.82, 2.24) is 4.98 Å². The van der Waals surface area contributed by atoms with Gasteiger partial charge in [-0.2, -0.15) is 0 Å². The van der Waals surface area contributed by atoms with Crippen LogP contribution in [0.2, 0.25) is 5.15 Å². The quantitative estimate of drug-likeness (QED) is 0.346. The number of nitro groups is 1. The van der Waals surface area contributed by atoms with Crippen LogP contribution in [0.15, 0.2) is 24.3 Å². The van der Waals surface area contributed by atoms with E-state index in [2.05, 4.69) is 10.3 Å². The summed E-state index contributed by atoms with van der Waals surface area (Å²) in [6.07, 6.45) is 0. The minimum Gasteiger partial charge on any atom is -0.490 e. The van der Waals surface area contributed by atoms with Crippen LogP contribution in [-0.4, -0.2) is 17.0 Å². The van der Waals surface area contributed by atoms with Gasteiger partial charge in [-0.1, -0.05) is 11.6 Å². The lowest BCUT2D eigenvalue weighted by atomic mass is 10.3. The van der Waals surface area contributed by atoms with Crippen molar-refractivity contribution in [2.45, 2.75) is 0 Å². The van der Waals surface area contributed by atoms with E-state index in [-0.39, 0.29) is 22.4 Å². The topological polar surface area (TPSA) is 77.3 Å². The van der Waals surface area contributed by atoms with E-state index >= 15 is 0 Å². The summed E-state index contributed by atoms with van der Waals surface area (Å²) in [7, 11) is 1.27. The molecule has 0 bridgehead atoms. The summed E-state index contributed by atoms with van der Waals surface area (Å²) in [5, 5.41) is 13.7. The number of ether oxygens (including phenoxy) is 1. The molecule has 0 saturated carbocycles. The van der Waals surface area contributed by atoms with E-state index in [1.165, 1.54) is 25.3 Å². The number of nitrogens with one attached hydrogen (secondary N) is 1. The zero-order chi connectivity index (χ0) is 15.6. The van der Waals surface area contributed by atoms with Crippen molar-refractivity contribution in [2.75, 3.05) is 12.4 Å². The van der Waals surface area contributed by atoms with E-state index in [1.54, 1.807) is 6.07 Å². The van der Waals surface area contributed by atoms with Crippen molar-refractivity contribution in [2.24, 2.45) is 0 Å². The Morgan fingerprint density at radius 2 is 2.19 bits per heavy atom. The van der Waals surface area contributed by atoms with E-state index in [4.69, 9.17) is 16.3 Å². The predicted octanol–water partition coefficient (Wildman–Crippen LogP) is 4.14. The number of aromatic nitrogens is 1. The van der Waals surface area contributed by atoms with E-state index in [1.807, 2.05) is 22.6 Å². The Morgan fingerprint density at radius 1 is 1.48 bits per heavy atom. The van der Waals surface area contributed by atoms with Crippen molar-refractivity contribution in [3.8, 4) is 5.75 Å². The second kappa shape index (κ2) is 6.39. The first-order chi connectivity index (χ1) is 9.92. The SMILES string of the molecule is COc1cc(Cl)nc(Nc2ccc(I)cc2F)c1[N+](=O)[O-]. The summed E-state index contributed by atoms with van der Waals surface area (Å²) in [5.41, 5.74) is -0.366. The number of rotatable bonds is 4. The number of pyridine rings is 1. The van der Waals surface area contributed by atoms with Crippen LogP contribution in [0.25, 0.3) is 0 Å². The van der Waals surface area contributed by atoms with Gasteiger partial charge < -0.3 is 10.1 Å². The molecule has 0 aliphatic rings. The summed E-state index contributed by atoms with van der Waals surface area (Å²) in [6, 6.07) is 5.61. The molecule has 1 N–H and O–H groups in total. The summed E-state index contributed by atoms with van der Waals surface area (Å²) < 4.78 is 19.4. The van der Waals surface area contributed by atoms with Gasteiger partial charge in [0, 0.05) is 9.64 Å². The first-order valence-electron chi connectivity index (χ1n) is 5.53. The van der Waals surface area contributed by atoms with Crippen LogP contribution in [0.4, 0.5) is 21.6 Å². The normalized spacial score (nSPS) is 10.3. The average Bonchev–Trinajstić information content (AvgIpc) is 2.40. The molecule has 9 heteroatoms. The summed E-state index contributed by atoms with van der Waals surface area (Å²) in [5.74, 6) is -0.810. The highest BCUT2D eigenvalue weighted by atomic mass is 127. The van der Waals surface area contributed by atoms with Gasteiger partial charge in [-0.3, -0.25) is 10.1 Å². The van der Waals surface area contributed by atoms with E-state index in [0.717, 1.165) is 0 Å². The summed E-state index contributed by atoms with van der Waals surface area (Å²) >= 11 is 7.74. The molecule has 0 radical (unpaired) electrons. The third-order valence-corrected chi connectivity index (χ3v) is 3.38. The Bertz CT molecular complexity index is 714. The molecule has 0 aliphatic carbocycles. The summed E-state index contributed by atoms with van der Waals surface area (Å²) in [4.78, 5) is 14.3. The highest BCUT2D eigenvalue weighted by Gasteiger charge is 2.24. The summed E-state index contributed by atoms with van der Waals surface area (Å²) in [6.45, 7) is 0. The van der Waals surface area contributed by atoms with Crippen LogP contribution in [0.3, 0.4) is 0 Å². The molecule has 0 saturated heterocycles. The molecule has 21 heavy (non-hydrogen) atoms. The Labute approximate surface area is 137 Å². The number of benzene rings is 1. The van der Waals surface area contributed by atoms with Crippen LogP contribution in [0, 0.1) is 19.5 Å². The van der Waals surface area contributed by atoms with Gasteiger partial charge in [0.25, 0.3) is 0 Å². The third kappa shape index (κ3) is 3.50. The van der Waals surface area contributed by atoms with Crippen molar-refractivity contribution >= 4 is 51.4 Å². The Kier molecular flexibility index (Phi) is 4.78. The lowest BCUT2D eigenvalue weighted by molar-refractivity contribution is -0.385. The molecule has 0 aliphatic heterocycles. The molecule has 110 valence electrons. The van der Waals surface area contributed by atoms with Crippen LogP contribution < -0.4 is 10.1 Å². The molecular weight excluding hydrogens is 416 g/mol. The molecule has 0 spiro atoms. The second-order valence-electron chi connectivity index (χ2n) is 3.85. The lowest BCUT2D eigenvalue weighted by Gasteiger charge is -2.10. The number of halogens is 3. The molecule has 2 aromatic rings. The van der Waals surface area contributed by atoms with Crippen LogP contribution >= 0.6 is 34.2 Å². The van der Waals surface area contributed by atoms with Gasteiger partial charge in [-0.05, 0) is 40.8 Å². The third-order valence-electron chi connectivity index (χ3n) is 2.51. The number of hydrogen-bond acceptors (Lipinski definition) is 5. The fourth-order valence-corrected chi connectivity index (χ4v) is 2.26. The van der Waals surface area contributed by atoms with E-state index in [0.29, 0.717) is 3.57 Å². The molecule has 0 atom stereocenters. The molecule has 1 aromatic heterocycles. The van der Waals surface area contributed by atoms with Crippen molar-refractivity contribution in [3.05, 3.63) is 48.9 Å². The van der Waals surface area contributed by atoms with Gasteiger partial charge in [0.15, 0.2) is 0 Å². The zero-order valence-corrected chi connectivity index (χ0v) is 13.5. The predicted molar refractivity (Wildman–Crippen MR) is 84.9 cm³/mol. The fraction of sp³-hybridized carbons (Fsp3) is 0.0833. The van der Waals surface area contributed by atoms with Gasteiger partial charge in [0.2, 0.25) is 11.6 Å². The molecule has 0 unspecified atom stereocenters. The van der Waals surface area contributed by atoms with Crippen LogP contribution in [0.1, 0.15) is 0 Å². The highest BCUT2D eigenvalue weighted by molar-refractivity contribution is 14.1. The highest BCUT2D eigenvalue weighted by Crippen LogP contribution is 2.37. The first kappa shape index (κ1) is 15.7. The van der Waals surface area contributed by atoms with Gasteiger partial charge in [-0.25, -0.2) is 9.37 Å². The molecule has 0 amide bonds. The molecule has 1 heterocycles. The Balaban J connectivity index is 2.52. The smallest absolute Gasteiger partial charge is 0.353 e. The number of nitrogens with zero attached hydrogens (tertiary/aromatic N) is 2. The zero-order valence-electron chi connectivity index (χ0n) is 10.6. The number of anilines is 2. The largest absolute Gasteiger partial charge is 0.490 e. The van der Waals surface area contributed by atoms with Gasteiger partial charge in [-0.15, -0.1) is 0 Å². The van der Waals surface area contributed by atoms with E-state index < -0.39 is 16.4 Å². The standard InChI is InChI=1S/C12H8ClFIN3O3/c1-21-9-5-10(13)17-12(11(9)18(19)20)16-8-3-2-6(15)4-7(8)14/h2-5H,1H3,(H,16,17). The minimum absolute atomic E-state index is 0.00845. The molecule has 1 aromatic carbocycles. The van der Waals surface area contributed by atoms with Crippen molar-refractivity contribution in [1.29, 1.82) is 0 Å². The van der Waals surface area contributed by atoms with Gasteiger partial charge >= 0.3 is 5.69 Å². The maximum atomic E-state index is 13.8. The fourth-order valence-electron chi connectivity index (χ4n) is 1.62. The monoisotopic (exact) mass is 423 g/mol.